The van der Waals surface area contributed by atoms with Gasteiger partial charge in [-0.1, -0.05) is 45.9 Å². The maximum Gasteiger partial charge on any atom is 0.338 e. The fraction of sp³-hybridized carbons (Fsp3) is 0.391. The van der Waals surface area contributed by atoms with Crippen molar-refractivity contribution in [2.24, 2.45) is 0 Å². The maximum absolute atomic E-state index is 12.5. The zero-order valence-corrected chi connectivity index (χ0v) is 17.3. The lowest BCUT2D eigenvalue weighted by atomic mass is 9.92. The molecule has 6 heteroatoms. The number of para-hydroxylation sites is 1. The van der Waals surface area contributed by atoms with Crippen molar-refractivity contribution in [2.75, 3.05) is 25.1 Å². The Morgan fingerprint density at radius 3 is 2.21 bits per heavy atom. The van der Waals surface area contributed by atoms with Crippen molar-refractivity contribution in [3.63, 3.8) is 0 Å². The predicted octanol–water partition coefficient (Wildman–Crippen LogP) is 4.50. The Morgan fingerprint density at radius 1 is 0.966 bits per heavy atom. The summed E-state index contributed by atoms with van der Waals surface area (Å²) in [5, 5.41) is 2.94. The summed E-state index contributed by atoms with van der Waals surface area (Å²) in [6, 6.07) is 10.8. The molecule has 0 saturated carbocycles. The van der Waals surface area contributed by atoms with Crippen LogP contribution in [0.4, 0.5) is 5.69 Å². The molecule has 1 heterocycles. The standard InChI is InChI=1S/C23H27NO5/c1-14(2)17-6-5-7-18(15(3)4)22(17)24-21(25)13-29-23(26)16-8-9-19-20(12-16)28-11-10-27-19/h5-9,12,14-15H,10-11,13H2,1-4H3,(H,24,25). The van der Waals surface area contributed by atoms with Crippen molar-refractivity contribution in [1.29, 1.82) is 0 Å². The number of anilines is 1. The predicted molar refractivity (Wildman–Crippen MR) is 111 cm³/mol. The zero-order chi connectivity index (χ0) is 21.0. The molecule has 0 saturated heterocycles. The normalized spacial score (nSPS) is 12.8. The van der Waals surface area contributed by atoms with Crippen LogP contribution in [0.1, 0.15) is 61.0 Å². The smallest absolute Gasteiger partial charge is 0.338 e. The largest absolute Gasteiger partial charge is 0.486 e. The number of benzene rings is 2. The van der Waals surface area contributed by atoms with Gasteiger partial charge in [0.05, 0.1) is 5.56 Å². The molecule has 0 radical (unpaired) electrons. The highest BCUT2D eigenvalue weighted by Crippen LogP contribution is 2.33. The first-order valence-corrected chi connectivity index (χ1v) is 9.86. The minimum atomic E-state index is -0.585. The lowest BCUT2D eigenvalue weighted by Crippen LogP contribution is -2.23. The van der Waals surface area contributed by atoms with E-state index in [2.05, 4.69) is 33.0 Å². The molecule has 1 N–H and O–H groups in total. The van der Waals surface area contributed by atoms with E-state index in [0.29, 0.717) is 30.3 Å². The molecule has 3 rings (SSSR count). The molecule has 0 spiro atoms. The number of nitrogens with one attached hydrogen (secondary N) is 1. The van der Waals surface area contributed by atoms with Crippen LogP contribution in [0.2, 0.25) is 0 Å². The Bertz CT molecular complexity index is 878. The number of hydrogen-bond donors (Lipinski definition) is 1. The number of amides is 1. The average Bonchev–Trinajstić information content (AvgIpc) is 2.71. The molecular weight excluding hydrogens is 370 g/mol. The molecule has 0 unspecified atom stereocenters. The van der Waals surface area contributed by atoms with Gasteiger partial charge in [0.15, 0.2) is 18.1 Å². The molecule has 1 amide bonds. The van der Waals surface area contributed by atoms with E-state index < -0.39 is 5.97 Å². The van der Waals surface area contributed by atoms with Crippen LogP contribution in [0.15, 0.2) is 36.4 Å². The SMILES string of the molecule is CC(C)c1cccc(C(C)C)c1NC(=O)COC(=O)c1ccc2c(c1)OCCO2. The summed E-state index contributed by atoms with van der Waals surface area (Å²) in [4.78, 5) is 24.8. The highest BCUT2D eigenvalue weighted by molar-refractivity contribution is 5.96. The van der Waals surface area contributed by atoms with Gasteiger partial charge >= 0.3 is 5.97 Å². The van der Waals surface area contributed by atoms with Gasteiger partial charge in [0.1, 0.15) is 13.2 Å². The Balaban J connectivity index is 1.67. The minimum Gasteiger partial charge on any atom is -0.486 e. The molecule has 0 bridgehead atoms. The van der Waals surface area contributed by atoms with Gasteiger partial charge in [-0.2, -0.15) is 0 Å². The van der Waals surface area contributed by atoms with Gasteiger partial charge in [0, 0.05) is 5.69 Å². The van der Waals surface area contributed by atoms with Crippen LogP contribution in [0.3, 0.4) is 0 Å². The van der Waals surface area contributed by atoms with Crippen LogP contribution in [0.5, 0.6) is 11.5 Å². The van der Waals surface area contributed by atoms with E-state index in [1.165, 1.54) is 0 Å². The molecule has 29 heavy (non-hydrogen) atoms. The number of ether oxygens (including phenoxy) is 3. The zero-order valence-electron chi connectivity index (χ0n) is 17.3. The average molecular weight is 397 g/mol. The van der Waals surface area contributed by atoms with Crippen LogP contribution in [-0.2, 0) is 9.53 Å². The van der Waals surface area contributed by atoms with Crippen molar-refractivity contribution in [1.82, 2.24) is 0 Å². The number of fused-ring (bicyclic) bond motifs is 1. The molecule has 2 aromatic rings. The van der Waals surface area contributed by atoms with Gasteiger partial charge in [-0.25, -0.2) is 4.79 Å². The number of hydrogen-bond acceptors (Lipinski definition) is 5. The minimum absolute atomic E-state index is 0.254. The summed E-state index contributed by atoms with van der Waals surface area (Å²) < 4.78 is 16.1. The van der Waals surface area contributed by atoms with Crippen LogP contribution < -0.4 is 14.8 Å². The third-order valence-corrected chi connectivity index (χ3v) is 4.75. The number of esters is 1. The first-order valence-electron chi connectivity index (χ1n) is 9.86. The Morgan fingerprint density at radius 2 is 1.59 bits per heavy atom. The van der Waals surface area contributed by atoms with E-state index in [1.54, 1.807) is 18.2 Å². The first kappa shape index (κ1) is 20.7. The molecule has 154 valence electrons. The Labute approximate surface area is 171 Å². The van der Waals surface area contributed by atoms with Gasteiger partial charge in [-0.15, -0.1) is 0 Å². The number of carbonyl (C=O) groups is 2. The van der Waals surface area contributed by atoms with Crippen LogP contribution in [-0.4, -0.2) is 31.7 Å². The van der Waals surface area contributed by atoms with Crippen LogP contribution >= 0.6 is 0 Å². The monoisotopic (exact) mass is 397 g/mol. The molecule has 1 aliphatic heterocycles. The fourth-order valence-electron chi connectivity index (χ4n) is 3.26. The van der Waals surface area contributed by atoms with Gasteiger partial charge in [0.2, 0.25) is 0 Å². The summed E-state index contributed by atoms with van der Waals surface area (Å²) in [6.07, 6.45) is 0. The van der Waals surface area contributed by atoms with Gasteiger partial charge < -0.3 is 19.5 Å². The molecule has 0 fully saturated rings. The maximum atomic E-state index is 12.5. The van der Waals surface area contributed by atoms with Gasteiger partial charge in [-0.3, -0.25) is 4.79 Å². The third kappa shape index (κ3) is 4.88. The molecule has 0 aliphatic carbocycles. The molecular formula is C23H27NO5. The van der Waals surface area contributed by atoms with E-state index in [-0.39, 0.29) is 24.3 Å². The molecule has 1 aliphatic rings. The van der Waals surface area contributed by atoms with E-state index in [0.717, 1.165) is 16.8 Å². The van der Waals surface area contributed by atoms with Gasteiger partial charge in [-0.05, 0) is 41.2 Å². The highest BCUT2D eigenvalue weighted by atomic mass is 16.6. The summed E-state index contributed by atoms with van der Waals surface area (Å²) in [5.74, 6) is 0.650. The number of carbonyl (C=O) groups excluding carboxylic acids is 2. The van der Waals surface area contributed by atoms with Crippen molar-refractivity contribution < 1.29 is 23.8 Å². The van der Waals surface area contributed by atoms with Crippen molar-refractivity contribution in [2.45, 2.75) is 39.5 Å². The molecule has 0 aromatic heterocycles. The quantitative estimate of drug-likeness (QED) is 0.727. The van der Waals surface area contributed by atoms with E-state index in [4.69, 9.17) is 14.2 Å². The fourth-order valence-corrected chi connectivity index (χ4v) is 3.26. The van der Waals surface area contributed by atoms with Crippen molar-refractivity contribution in [3.05, 3.63) is 53.1 Å². The Hall–Kier alpha value is -3.02. The van der Waals surface area contributed by atoms with Crippen LogP contribution in [0.25, 0.3) is 0 Å². The number of rotatable bonds is 6. The summed E-state index contributed by atoms with van der Waals surface area (Å²) in [5.41, 5.74) is 3.23. The van der Waals surface area contributed by atoms with E-state index in [9.17, 15) is 9.59 Å². The van der Waals surface area contributed by atoms with E-state index >= 15 is 0 Å². The van der Waals surface area contributed by atoms with Crippen molar-refractivity contribution >= 4 is 17.6 Å². The summed E-state index contributed by atoms with van der Waals surface area (Å²) in [6.45, 7) is 8.87. The molecule has 0 atom stereocenters. The molecule has 2 aromatic carbocycles. The third-order valence-electron chi connectivity index (χ3n) is 4.75. The lowest BCUT2D eigenvalue weighted by molar-refractivity contribution is -0.119. The Kier molecular flexibility index (Phi) is 6.42. The van der Waals surface area contributed by atoms with Gasteiger partial charge in [0.25, 0.3) is 5.91 Å². The second-order valence-electron chi connectivity index (χ2n) is 7.60. The summed E-state index contributed by atoms with van der Waals surface area (Å²) in [7, 11) is 0. The molecule has 6 nitrogen and oxygen atoms in total. The second kappa shape index (κ2) is 8.99. The summed E-state index contributed by atoms with van der Waals surface area (Å²) >= 11 is 0. The van der Waals surface area contributed by atoms with Crippen LogP contribution in [0, 0.1) is 0 Å². The van der Waals surface area contributed by atoms with E-state index in [1.807, 2.05) is 18.2 Å². The first-order chi connectivity index (χ1) is 13.9. The highest BCUT2D eigenvalue weighted by Gasteiger charge is 2.19. The second-order valence-corrected chi connectivity index (χ2v) is 7.60. The lowest BCUT2D eigenvalue weighted by Gasteiger charge is -2.20. The topological polar surface area (TPSA) is 73.9 Å². The van der Waals surface area contributed by atoms with Crippen molar-refractivity contribution in [3.8, 4) is 11.5 Å².